The van der Waals surface area contributed by atoms with Gasteiger partial charge in [0.15, 0.2) is 0 Å². The number of benzene rings is 2. The molecule has 0 radical (unpaired) electrons. The van der Waals surface area contributed by atoms with E-state index >= 15 is 0 Å². The molecule has 3 aromatic rings. The minimum Gasteiger partial charge on any atom is -0.378 e. The van der Waals surface area contributed by atoms with E-state index in [0.717, 1.165) is 53.1 Å². The molecule has 0 unspecified atom stereocenters. The molecule has 2 heterocycles. The number of carbonyl (C=O) groups excluding carboxylic acids is 1. The Labute approximate surface area is 172 Å². The second-order valence-electron chi connectivity index (χ2n) is 6.50. The summed E-state index contributed by atoms with van der Waals surface area (Å²) in [6.07, 6.45) is 2.17. The Morgan fingerprint density at radius 3 is 2.64 bits per heavy atom. The number of hydrogen-bond acceptors (Lipinski definition) is 5. The minimum atomic E-state index is -0.0929. The predicted octanol–water partition coefficient (Wildman–Crippen LogP) is 4.48. The summed E-state index contributed by atoms with van der Waals surface area (Å²) in [7, 11) is 0. The van der Waals surface area contributed by atoms with Crippen LogP contribution in [0.1, 0.15) is 5.56 Å². The molecule has 0 spiro atoms. The van der Waals surface area contributed by atoms with Crippen molar-refractivity contribution < 1.29 is 9.53 Å². The molecule has 1 aromatic heterocycles. The number of anilines is 2. The highest BCUT2D eigenvalue weighted by atomic mass is 35.5. The molecular weight excluding hydrogens is 394 g/mol. The lowest BCUT2D eigenvalue weighted by molar-refractivity contribution is -0.115. The van der Waals surface area contributed by atoms with Crippen LogP contribution in [0.15, 0.2) is 54.7 Å². The van der Waals surface area contributed by atoms with Crippen molar-refractivity contribution in [2.45, 2.75) is 6.42 Å². The molecule has 2 aromatic carbocycles. The molecule has 0 aliphatic carbocycles. The van der Waals surface area contributed by atoms with Crippen molar-refractivity contribution in [3.05, 3.63) is 65.3 Å². The smallest absolute Gasteiger partial charge is 0.228 e. The first kappa shape index (κ1) is 18.9. The third kappa shape index (κ3) is 4.52. The molecule has 1 aliphatic heterocycles. The van der Waals surface area contributed by atoms with Crippen molar-refractivity contribution >= 4 is 39.5 Å². The predicted molar refractivity (Wildman–Crippen MR) is 114 cm³/mol. The minimum absolute atomic E-state index is 0.0929. The van der Waals surface area contributed by atoms with Gasteiger partial charge >= 0.3 is 0 Å². The largest absolute Gasteiger partial charge is 0.378 e. The van der Waals surface area contributed by atoms with Crippen molar-refractivity contribution in [1.29, 1.82) is 0 Å². The average Bonchev–Trinajstić information content (AvgIpc) is 3.21. The van der Waals surface area contributed by atoms with Gasteiger partial charge in [-0.05, 0) is 35.9 Å². The number of aromatic nitrogens is 1. The first-order valence-electron chi connectivity index (χ1n) is 9.11. The fourth-order valence-corrected chi connectivity index (χ4v) is 4.22. The highest BCUT2D eigenvalue weighted by Crippen LogP contribution is 2.32. The zero-order valence-electron chi connectivity index (χ0n) is 15.2. The summed E-state index contributed by atoms with van der Waals surface area (Å²) in [6, 6.07) is 15.1. The molecule has 0 bridgehead atoms. The van der Waals surface area contributed by atoms with E-state index in [0.29, 0.717) is 5.02 Å². The highest BCUT2D eigenvalue weighted by molar-refractivity contribution is 7.18. The van der Waals surface area contributed by atoms with Crippen LogP contribution < -0.4 is 10.2 Å². The Hall–Kier alpha value is -2.41. The summed E-state index contributed by atoms with van der Waals surface area (Å²) in [5, 5.41) is 5.65. The van der Waals surface area contributed by atoms with Crippen molar-refractivity contribution in [2.75, 3.05) is 36.5 Å². The van der Waals surface area contributed by atoms with Gasteiger partial charge in [0.2, 0.25) is 5.91 Å². The zero-order valence-corrected chi connectivity index (χ0v) is 16.8. The molecule has 7 heteroatoms. The Bertz CT molecular complexity index is 952. The topological polar surface area (TPSA) is 54.5 Å². The molecule has 5 nitrogen and oxygen atoms in total. The third-order valence-corrected chi connectivity index (χ3v) is 6.02. The van der Waals surface area contributed by atoms with Crippen LogP contribution >= 0.6 is 22.9 Å². The summed E-state index contributed by atoms with van der Waals surface area (Å²) < 4.78 is 5.40. The number of morpholine rings is 1. The summed E-state index contributed by atoms with van der Waals surface area (Å²) >= 11 is 7.79. The first-order chi connectivity index (χ1) is 13.7. The van der Waals surface area contributed by atoms with Crippen molar-refractivity contribution in [1.82, 2.24) is 4.98 Å². The molecule has 28 heavy (non-hydrogen) atoms. The third-order valence-electron chi connectivity index (χ3n) is 4.54. The molecule has 1 fully saturated rings. The van der Waals surface area contributed by atoms with Crippen molar-refractivity contribution in [2.24, 2.45) is 0 Å². The maximum absolute atomic E-state index is 12.3. The van der Waals surface area contributed by atoms with Crippen LogP contribution in [-0.2, 0) is 16.0 Å². The lowest BCUT2D eigenvalue weighted by Crippen LogP contribution is -2.35. The maximum Gasteiger partial charge on any atom is 0.228 e. The molecule has 1 saturated heterocycles. The van der Waals surface area contributed by atoms with Gasteiger partial charge in [-0.2, -0.15) is 0 Å². The molecule has 4 rings (SSSR count). The van der Waals surface area contributed by atoms with Gasteiger partial charge in [0.05, 0.1) is 25.8 Å². The van der Waals surface area contributed by atoms with Crippen molar-refractivity contribution in [3.63, 3.8) is 0 Å². The zero-order chi connectivity index (χ0) is 19.3. The number of nitrogens with one attached hydrogen (secondary N) is 1. The number of ether oxygens (including phenoxy) is 1. The molecule has 0 atom stereocenters. The van der Waals surface area contributed by atoms with Crippen LogP contribution in [0.3, 0.4) is 0 Å². The van der Waals surface area contributed by atoms with E-state index in [1.165, 1.54) is 0 Å². The van der Waals surface area contributed by atoms with Gasteiger partial charge in [0.25, 0.3) is 0 Å². The fourth-order valence-electron chi connectivity index (χ4n) is 3.05. The van der Waals surface area contributed by atoms with Crippen LogP contribution in [0.25, 0.3) is 10.6 Å². The molecule has 1 aliphatic rings. The van der Waals surface area contributed by atoms with Gasteiger partial charge in [-0.25, -0.2) is 4.98 Å². The lowest BCUT2D eigenvalue weighted by atomic mass is 10.1. The van der Waals surface area contributed by atoms with Crippen LogP contribution in [0.2, 0.25) is 5.02 Å². The second kappa shape index (κ2) is 8.73. The van der Waals surface area contributed by atoms with Gasteiger partial charge in [-0.1, -0.05) is 41.1 Å². The van der Waals surface area contributed by atoms with Gasteiger partial charge in [0, 0.05) is 29.4 Å². The monoisotopic (exact) mass is 413 g/mol. The van der Waals surface area contributed by atoms with E-state index in [4.69, 9.17) is 16.3 Å². The summed E-state index contributed by atoms with van der Waals surface area (Å²) in [5.41, 5.74) is 2.61. The van der Waals surface area contributed by atoms with Gasteiger partial charge in [-0.15, -0.1) is 0 Å². The van der Waals surface area contributed by atoms with Crippen molar-refractivity contribution in [3.8, 4) is 10.6 Å². The molecular formula is C21H20ClN3O2S. The second-order valence-corrected chi connectivity index (χ2v) is 7.91. The van der Waals surface area contributed by atoms with E-state index in [1.54, 1.807) is 17.4 Å². The Morgan fingerprint density at radius 2 is 1.89 bits per heavy atom. The number of halogens is 1. The van der Waals surface area contributed by atoms with Crippen LogP contribution in [0.4, 0.5) is 10.7 Å². The number of carbonyl (C=O) groups is 1. The normalized spacial score (nSPS) is 14.1. The van der Waals surface area contributed by atoms with E-state index < -0.39 is 0 Å². The van der Waals surface area contributed by atoms with Gasteiger partial charge in [0.1, 0.15) is 10.0 Å². The van der Waals surface area contributed by atoms with E-state index in [2.05, 4.69) is 15.2 Å². The van der Waals surface area contributed by atoms with E-state index in [1.807, 2.05) is 48.7 Å². The molecule has 1 N–H and O–H groups in total. The van der Waals surface area contributed by atoms with Crippen LogP contribution in [0.5, 0.6) is 0 Å². The number of rotatable bonds is 5. The number of thiazole rings is 1. The Balaban J connectivity index is 1.39. The standard InChI is InChI=1S/C21H20ClN3O2S/c22-18-4-2-1-3-16(18)13-19(26)24-17-7-5-15(6-8-17)21-23-14-20(28-21)25-9-11-27-12-10-25/h1-8,14H,9-13H2,(H,24,26). The molecule has 0 saturated carbocycles. The summed E-state index contributed by atoms with van der Waals surface area (Å²) in [4.78, 5) is 19.1. The number of amides is 1. The number of nitrogens with zero attached hydrogens (tertiary/aromatic N) is 2. The molecule has 144 valence electrons. The van der Waals surface area contributed by atoms with Crippen LogP contribution in [-0.4, -0.2) is 37.2 Å². The quantitative estimate of drug-likeness (QED) is 0.670. The van der Waals surface area contributed by atoms with E-state index in [9.17, 15) is 4.79 Å². The SMILES string of the molecule is O=C(Cc1ccccc1Cl)Nc1ccc(-c2ncc(N3CCOCC3)s2)cc1. The summed E-state index contributed by atoms with van der Waals surface area (Å²) in [5.74, 6) is -0.0929. The highest BCUT2D eigenvalue weighted by Gasteiger charge is 2.15. The fraction of sp³-hybridized carbons (Fsp3) is 0.238. The Morgan fingerprint density at radius 1 is 1.14 bits per heavy atom. The Kier molecular flexibility index (Phi) is 5.90. The summed E-state index contributed by atoms with van der Waals surface area (Å²) in [6.45, 7) is 3.32. The molecule has 1 amide bonds. The van der Waals surface area contributed by atoms with Gasteiger partial charge in [-0.3, -0.25) is 4.79 Å². The first-order valence-corrected chi connectivity index (χ1v) is 10.3. The van der Waals surface area contributed by atoms with Crippen LogP contribution in [0, 0.1) is 0 Å². The lowest BCUT2D eigenvalue weighted by Gasteiger charge is -2.26. The maximum atomic E-state index is 12.3. The van der Waals surface area contributed by atoms with E-state index in [-0.39, 0.29) is 12.3 Å². The average molecular weight is 414 g/mol. The van der Waals surface area contributed by atoms with Gasteiger partial charge < -0.3 is 15.0 Å². The number of hydrogen-bond donors (Lipinski definition) is 1.